The number of hydrogen-bond donors (Lipinski definition) is 2. The van der Waals surface area contributed by atoms with E-state index in [9.17, 15) is 9.59 Å². The lowest BCUT2D eigenvalue weighted by atomic mass is 10.3. The minimum atomic E-state index is -0.368. The monoisotopic (exact) mass is 209 g/mol. The number of nitrogens with one attached hydrogen (secondary N) is 1. The topological polar surface area (TPSA) is 77.1 Å². The van der Waals surface area contributed by atoms with Crippen LogP contribution in [0.15, 0.2) is 23.3 Å². The number of nitrogen functional groups attached to an aromatic ring is 1. The molecule has 0 aliphatic rings. The van der Waals surface area contributed by atoms with E-state index in [1.165, 1.54) is 12.3 Å². The molecule has 82 valence electrons. The molecule has 0 aliphatic heterocycles. The van der Waals surface area contributed by atoms with Crippen LogP contribution >= 0.6 is 0 Å². The van der Waals surface area contributed by atoms with Crippen LogP contribution in [-0.4, -0.2) is 17.0 Å². The fraction of sp³-hybridized carbons (Fsp3) is 0.400. The van der Waals surface area contributed by atoms with Gasteiger partial charge in [0, 0.05) is 25.0 Å². The number of nitrogens with zero attached hydrogens (tertiary/aromatic N) is 1. The smallest absolute Gasteiger partial charge is 0.242 e. The third-order valence-corrected chi connectivity index (χ3v) is 2.15. The number of nitrogens with two attached hydrogens (primary N) is 1. The van der Waals surface area contributed by atoms with Gasteiger partial charge in [0.05, 0.1) is 5.69 Å². The fourth-order valence-corrected chi connectivity index (χ4v) is 1.22. The summed E-state index contributed by atoms with van der Waals surface area (Å²) >= 11 is 0. The van der Waals surface area contributed by atoms with Gasteiger partial charge in [-0.3, -0.25) is 9.59 Å². The minimum Gasteiger partial charge on any atom is -0.394 e. The molecule has 0 saturated carbocycles. The number of anilines is 1. The summed E-state index contributed by atoms with van der Waals surface area (Å²) < 4.78 is 1.61. The zero-order chi connectivity index (χ0) is 11.4. The highest BCUT2D eigenvalue weighted by molar-refractivity contribution is 5.79. The third-order valence-electron chi connectivity index (χ3n) is 2.15. The molecule has 0 bridgehead atoms. The first-order valence-electron chi connectivity index (χ1n) is 4.81. The van der Waals surface area contributed by atoms with E-state index in [0.717, 1.165) is 0 Å². The highest BCUT2D eigenvalue weighted by atomic mass is 16.2. The molecule has 1 rings (SSSR count). The predicted molar refractivity (Wildman–Crippen MR) is 58.5 cm³/mol. The van der Waals surface area contributed by atoms with Gasteiger partial charge in [0.1, 0.15) is 6.04 Å². The lowest BCUT2D eigenvalue weighted by Crippen LogP contribution is -2.31. The summed E-state index contributed by atoms with van der Waals surface area (Å²) in [7, 11) is 0. The second-order valence-corrected chi connectivity index (χ2v) is 3.28. The van der Waals surface area contributed by atoms with E-state index < -0.39 is 0 Å². The maximum absolute atomic E-state index is 11.5. The van der Waals surface area contributed by atoms with Crippen molar-refractivity contribution in [1.29, 1.82) is 0 Å². The molecule has 5 nitrogen and oxygen atoms in total. The maximum Gasteiger partial charge on any atom is 0.242 e. The van der Waals surface area contributed by atoms with Gasteiger partial charge >= 0.3 is 0 Å². The first-order chi connectivity index (χ1) is 7.06. The van der Waals surface area contributed by atoms with Gasteiger partial charge in [0.15, 0.2) is 0 Å². The van der Waals surface area contributed by atoms with Gasteiger partial charge in [-0.05, 0) is 13.8 Å². The normalized spacial score (nSPS) is 12.1. The van der Waals surface area contributed by atoms with E-state index in [0.29, 0.717) is 6.54 Å². The summed E-state index contributed by atoms with van der Waals surface area (Å²) in [5.41, 5.74) is 5.39. The summed E-state index contributed by atoms with van der Waals surface area (Å²) in [6.45, 7) is 4.18. The van der Waals surface area contributed by atoms with E-state index in [-0.39, 0.29) is 23.1 Å². The molecule has 0 aromatic carbocycles. The average molecular weight is 209 g/mol. The molecule has 0 aliphatic carbocycles. The van der Waals surface area contributed by atoms with Gasteiger partial charge in [-0.1, -0.05) is 0 Å². The number of aromatic nitrogens is 1. The van der Waals surface area contributed by atoms with Gasteiger partial charge in [-0.2, -0.15) is 0 Å². The van der Waals surface area contributed by atoms with E-state index >= 15 is 0 Å². The van der Waals surface area contributed by atoms with Crippen molar-refractivity contribution in [2.75, 3.05) is 12.3 Å². The van der Waals surface area contributed by atoms with E-state index in [1.807, 2.05) is 6.92 Å². The Morgan fingerprint density at radius 3 is 2.87 bits per heavy atom. The Morgan fingerprint density at radius 1 is 1.67 bits per heavy atom. The molecule has 3 N–H and O–H groups in total. The van der Waals surface area contributed by atoms with E-state index in [2.05, 4.69) is 5.32 Å². The van der Waals surface area contributed by atoms with Crippen LogP contribution in [0.3, 0.4) is 0 Å². The Kier molecular flexibility index (Phi) is 3.49. The highest BCUT2D eigenvalue weighted by Gasteiger charge is 2.12. The van der Waals surface area contributed by atoms with Crippen molar-refractivity contribution in [2.45, 2.75) is 19.9 Å². The van der Waals surface area contributed by atoms with Gasteiger partial charge in [-0.25, -0.2) is 0 Å². The largest absolute Gasteiger partial charge is 0.394 e. The summed E-state index contributed by atoms with van der Waals surface area (Å²) in [5.74, 6) is -0.0967. The molecule has 0 saturated heterocycles. The second-order valence-electron chi connectivity index (χ2n) is 3.28. The summed E-state index contributed by atoms with van der Waals surface area (Å²) in [6.07, 6.45) is 3.03. The van der Waals surface area contributed by atoms with Crippen LogP contribution in [0.4, 0.5) is 5.69 Å². The lowest BCUT2D eigenvalue weighted by molar-refractivity contribution is -0.123. The quantitative estimate of drug-likeness (QED) is 0.742. The molecular formula is C10H15N3O2. The number of pyridine rings is 1. The SMILES string of the molecule is CCNC(=O)C(C)n1ccc(=O)c(N)c1. The van der Waals surface area contributed by atoms with Crippen LogP contribution < -0.4 is 16.5 Å². The summed E-state index contributed by atoms with van der Waals surface area (Å²) in [6, 6.07) is 0.985. The molecule has 5 heteroatoms. The van der Waals surface area contributed by atoms with Gasteiger partial charge in [0.25, 0.3) is 0 Å². The van der Waals surface area contributed by atoms with E-state index in [1.54, 1.807) is 17.7 Å². The van der Waals surface area contributed by atoms with Crippen molar-refractivity contribution < 1.29 is 4.79 Å². The van der Waals surface area contributed by atoms with Gasteiger partial charge < -0.3 is 15.6 Å². The molecule has 1 atom stereocenters. The van der Waals surface area contributed by atoms with Crippen molar-refractivity contribution in [2.24, 2.45) is 0 Å². The first kappa shape index (κ1) is 11.3. The Bertz CT molecular complexity index is 411. The van der Waals surface area contributed by atoms with Crippen molar-refractivity contribution in [3.8, 4) is 0 Å². The van der Waals surface area contributed by atoms with Crippen LogP contribution in [0.5, 0.6) is 0 Å². The molecule has 0 spiro atoms. The standard InChI is InChI=1S/C10H15N3O2/c1-3-12-10(15)7(2)13-5-4-9(14)8(11)6-13/h4-7H,3,11H2,1-2H3,(H,12,15). The number of likely N-dealkylation sites (N-methyl/N-ethyl adjacent to an activating group) is 1. The highest BCUT2D eigenvalue weighted by Crippen LogP contribution is 2.05. The van der Waals surface area contributed by atoms with Crippen molar-refractivity contribution >= 4 is 11.6 Å². The molecule has 1 unspecified atom stereocenters. The number of hydrogen-bond acceptors (Lipinski definition) is 3. The Hall–Kier alpha value is -1.78. The number of amides is 1. The maximum atomic E-state index is 11.5. The predicted octanol–water partition coefficient (Wildman–Crippen LogP) is 0.128. The molecule has 1 heterocycles. The minimum absolute atomic E-state index is 0.0967. The first-order valence-corrected chi connectivity index (χ1v) is 4.81. The number of rotatable bonds is 3. The molecular weight excluding hydrogens is 194 g/mol. The average Bonchev–Trinajstić information content (AvgIpc) is 2.21. The molecule has 15 heavy (non-hydrogen) atoms. The second kappa shape index (κ2) is 4.63. The van der Waals surface area contributed by atoms with Gasteiger partial charge in [0.2, 0.25) is 11.3 Å². The van der Waals surface area contributed by atoms with Crippen LogP contribution in [0, 0.1) is 0 Å². The number of carbonyl (C=O) groups excluding carboxylic acids is 1. The molecule has 0 radical (unpaired) electrons. The van der Waals surface area contributed by atoms with Crippen molar-refractivity contribution in [3.63, 3.8) is 0 Å². The number of carbonyl (C=O) groups is 1. The van der Waals surface area contributed by atoms with Crippen LogP contribution in [-0.2, 0) is 4.79 Å². The van der Waals surface area contributed by atoms with Crippen molar-refractivity contribution in [1.82, 2.24) is 9.88 Å². The van der Waals surface area contributed by atoms with Crippen molar-refractivity contribution in [3.05, 3.63) is 28.7 Å². The molecule has 0 fully saturated rings. The Morgan fingerprint density at radius 2 is 2.33 bits per heavy atom. The fourth-order valence-electron chi connectivity index (χ4n) is 1.22. The zero-order valence-corrected chi connectivity index (χ0v) is 8.86. The van der Waals surface area contributed by atoms with Gasteiger partial charge in [-0.15, -0.1) is 0 Å². The zero-order valence-electron chi connectivity index (χ0n) is 8.86. The summed E-state index contributed by atoms with van der Waals surface area (Å²) in [5, 5.41) is 2.70. The molecule has 1 aromatic rings. The van der Waals surface area contributed by atoms with Crippen LogP contribution in [0.1, 0.15) is 19.9 Å². The lowest BCUT2D eigenvalue weighted by Gasteiger charge is -2.15. The van der Waals surface area contributed by atoms with Crippen LogP contribution in [0.25, 0.3) is 0 Å². The Labute approximate surface area is 87.9 Å². The summed E-state index contributed by atoms with van der Waals surface area (Å²) in [4.78, 5) is 22.5. The molecule has 1 aromatic heterocycles. The van der Waals surface area contributed by atoms with Crippen LogP contribution in [0.2, 0.25) is 0 Å². The molecule has 1 amide bonds. The third kappa shape index (κ3) is 2.59. The Balaban J connectivity index is 2.91. The van der Waals surface area contributed by atoms with E-state index in [4.69, 9.17) is 5.73 Å².